The number of alkyl halides is 1. The van der Waals surface area contributed by atoms with E-state index in [0.717, 1.165) is 12.2 Å². The summed E-state index contributed by atoms with van der Waals surface area (Å²) in [6.07, 6.45) is 0.129. The largest absolute Gasteiger partial charge is 0.392 e. The van der Waals surface area contributed by atoms with Crippen LogP contribution < -0.4 is 0 Å². The first-order valence-electron chi connectivity index (χ1n) is 3.87. The zero-order valence-electron chi connectivity index (χ0n) is 7.07. The molecule has 0 aromatic rings. The average Bonchev–Trinajstić information content (AvgIpc) is 2.11. The number of rotatable bonds is 7. The maximum Gasteiger partial charge on any atom is 0.0774 e. The van der Waals surface area contributed by atoms with Crippen molar-refractivity contribution >= 4 is 33.2 Å². The van der Waals surface area contributed by atoms with Crippen LogP contribution in [0, 0.1) is 0 Å². The van der Waals surface area contributed by atoms with Gasteiger partial charge in [0.1, 0.15) is 0 Å². The summed E-state index contributed by atoms with van der Waals surface area (Å²) >= 11 is 5.40. The number of halogens is 1. The molecule has 0 spiro atoms. The highest BCUT2D eigenvalue weighted by Gasteiger charge is 2.04. The van der Waals surface area contributed by atoms with Crippen molar-refractivity contribution in [1.82, 2.24) is 0 Å². The van der Waals surface area contributed by atoms with Crippen molar-refractivity contribution in [3.8, 4) is 0 Å². The molecular weight excluding hydrogens is 216 g/mol. The third-order valence-corrected chi connectivity index (χ3v) is 4.13. The van der Waals surface area contributed by atoms with Gasteiger partial charge in [-0.25, -0.2) is 0 Å². The molecule has 12 heavy (non-hydrogen) atoms. The molecule has 0 aromatic heterocycles. The SMILES string of the molecule is CCC(O)CSSCC(O)CCl. The highest BCUT2D eigenvalue weighted by atomic mass is 35.5. The molecule has 0 fully saturated rings. The lowest BCUT2D eigenvalue weighted by Crippen LogP contribution is -2.11. The van der Waals surface area contributed by atoms with Crippen LogP contribution in [-0.4, -0.2) is 39.8 Å². The summed E-state index contributed by atoms with van der Waals surface area (Å²) in [4.78, 5) is 0. The normalized spacial score (nSPS) is 16.0. The van der Waals surface area contributed by atoms with E-state index >= 15 is 0 Å². The van der Waals surface area contributed by atoms with Crippen molar-refractivity contribution in [3.05, 3.63) is 0 Å². The van der Waals surface area contributed by atoms with Gasteiger partial charge in [0.25, 0.3) is 0 Å². The third kappa shape index (κ3) is 7.55. The van der Waals surface area contributed by atoms with E-state index in [1.807, 2.05) is 6.92 Å². The van der Waals surface area contributed by atoms with E-state index in [-0.39, 0.29) is 12.0 Å². The molecule has 2 N–H and O–H groups in total. The van der Waals surface area contributed by atoms with Crippen molar-refractivity contribution in [2.45, 2.75) is 25.6 Å². The average molecular weight is 231 g/mol. The van der Waals surface area contributed by atoms with Gasteiger partial charge in [-0.1, -0.05) is 28.5 Å². The van der Waals surface area contributed by atoms with E-state index < -0.39 is 6.10 Å². The molecule has 0 heterocycles. The molecule has 0 saturated carbocycles. The molecule has 2 atom stereocenters. The van der Waals surface area contributed by atoms with E-state index in [4.69, 9.17) is 21.8 Å². The van der Waals surface area contributed by atoms with E-state index in [2.05, 4.69) is 0 Å². The summed E-state index contributed by atoms with van der Waals surface area (Å²) in [6, 6.07) is 0. The van der Waals surface area contributed by atoms with Crippen LogP contribution in [0.15, 0.2) is 0 Å². The minimum atomic E-state index is -0.428. The topological polar surface area (TPSA) is 40.5 Å². The second kappa shape index (κ2) is 8.51. The summed E-state index contributed by atoms with van der Waals surface area (Å²) in [5.74, 6) is 1.63. The summed E-state index contributed by atoms with van der Waals surface area (Å²) in [5, 5.41) is 18.2. The Hall–Kier alpha value is 0.910. The third-order valence-electron chi connectivity index (χ3n) is 1.25. The van der Waals surface area contributed by atoms with Crippen LogP contribution in [0.3, 0.4) is 0 Å². The van der Waals surface area contributed by atoms with Gasteiger partial charge in [-0.2, -0.15) is 0 Å². The molecule has 0 rings (SSSR count). The highest BCUT2D eigenvalue weighted by Crippen LogP contribution is 2.23. The molecule has 2 nitrogen and oxygen atoms in total. The quantitative estimate of drug-likeness (QED) is 0.397. The van der Waals surface area contributed by atoms with Gasteiger partial charge >= 0.3 is 0 Å². The van der Waals surface area contributed by atoms with Gasteiger partial charge in [-0.15, -0.1) is 11.6 Å². The molecular formula is C7H15ClO2S2. The molecule has 0 aliphatic carbocycles. The lowest BCUT2D eigenvalue weighted by molar-refractivity contribution is 0.195. The van der Waals surface area contributed by atoms with E-state index in [1.165, 1.54) is 0 Å². The maximum atomic E-state index is 9.16. The second-order valence-corrected chi connectivity index (χ2v) is 5.30. The molecule has 0 aliphatic rings. The first-order chi connectivity index (χ1) is 5.70. The Kier molecular flexibility index (Phi) is 9.15. The smallest absolute Gasteiger partial charge is 0.0774 e. The molecule has 0 amide bonds. The van der Waals surface area contributed by atoms with E-state index in [1.54, 1.807) is 21.6 Å². The predicted molar refractivity (Wildman–Crippen MR) is 57.9 cm³/mol. The molecule has 0 bridgehead atoms. The Morgan fingerprint density at radius 2 is 1.67 bits per heavy atom. The minimum absolute atomic E-state index is 0.226. The van der Waals surface area contributed by atoms with Crippen LogP contribution in [0.1, 0.15) is 13.3 Å². The molecule has 0 radical (unpaired) electrons. The molecule has 0 saturated heterocycles. The number of hydrogen-bond donors (Lipinski definition) is 2. The van der Waals surface area contributed by atoms with Crippen molar-refractivity contribution in [3.63, 3.8) is 0 Å². The van der Waals surface area contributed by atoms with Gasteiger partial charge in [-0.05, 0) is 6.42 Å². The van der Waals surface area contributed by atoms with Crippen LogP contribution in [0.4, 0.5) is 0 Å². The number of hydrogen-bond acceptors (Lipinski definition) is 4. The molecule has 0 aliphatic heterocycles. The van der Waals surface area contributed by atoms with Crippen LogP contribution in [-0.2, 0) is 0 Å². The fraction of sp³-hybridized carbons (Fsp3) is 1.00. The van der Waals surface area contributed by atoms with Gasteiger partial charge in [0.2, 0.25) is 0 Å². The molecule has 2 unspecified atom stereocenters. The highest BCUT2D eigenvalue weighted by molar-refractivity contribution is 8.76. The summed E-state index contributed by atoms with van der Waals surface area (Å²) in [5.41, 5.74) is 0. The second-order valence-electron chi connectivity index (χ2n) is 2.44. The first-order valence-corrected chi connectivity index (χ1v) is 6.89. The summed E-state index contributed by atoms with van der Waals surface area (Å²) < 4.78 is 0. The standard InChI is InChI=1S/C7H15ClO2S2/c1-2-6(9)4-11-12-5-7(10)3-8/h6-7,9-10H,2-5H2,1H3. The van der Waals surface area contributed by atoms with Gasteiger partial charge in [0.15, 0.2) is 0 Å². The lowest BCUT2D eigenvalue weighted by Gasteiger charge is -2.07. The Morgan fingerprint density at radius 3 is 2.08 bits per heavy atom. The number of aliphatic hydroxyl groups excluding tert-OH is 2. The Balaban J connectivity index is 3.10. The van der Waals surface area contributed by atoms with Crippen LogP contribution in [0.5, 0.6) is 0 Å². The summed E-state index contributed by atoms with van der Waals surface area (Å²) in [7, 11) is 3.13. The molecule has 0 aromatic carbocycles. The van der Waals surface area contributed by atoms with Crippen molar-refractivity contribution in [1.29, 1.82) is 0 Å². The van der Waals surface area contributed by atoms with E-state index in [0.29, 0.717) is 5.75 Å². The Labute approximate surface area is 86.5 Å². The Bertz CT molecular complexity index is 93.4. The maximum absolute atomic E-state index is 9.16. The van der Waals surface area contributed by atoms with Crippen LogP contribution in [0.25, 0.3) is 0 Å². The van der Waals surface area contributed by atoms with Crippen molar-refractivity contribution in [2.24, 2.45) is 0 Å². The fourth-order valence-corrected chi connectivity index (χ4v) is 3.03. The molecule has 74 valence electrons. The van der Waals surface area contributed by atoms with Gasteiger partial charge in [0, 0.05) is 17.4 Å². The first kappa shape index (κ1) is 12.9. The zero-order chi connectivity index (χ0) is 9.40. The van der Waals surface area contributed by atoms with E-state index in [9.17, 15) is 0 Å². The Morgan fingerprint density at radius 1 is 1.17 bits per heavy atom. The van der Waals surface area contributed by atoms with Gasteiger partial charge in [0.05, 0.1) is 12.2 Å². The van der Waals surface area contributed by atoms with Crippen LogP contribution >= 0.6 is 33.2 Å². The van der Waals surface area contributed by atoms with Crippen molar-refractivity contribution in [2.75, 3.05) is 17.4 Å². The fourth-order valence-electron chi connectivity index (χ4n) is 0.416. The predicted octanol–water partition coefficient (Wildman–Crippen LogP) is 1.74. The number of aliphatic hydroxyl groups is 2. The van der Waals surface area contributed by atoms with Gasteiger partial charge < -0.3 is 10.2 Å². The summed E-state index contributed by atoms with van der Waals surface area (Å²) in [6.45, 7) is 1.95. The zero-order valence-corrected chi connectivity index (χ0v) is 9.46. The van der Waals surface area contributed by atoms with Gasteiger partial charge in [-0.3, -0.25) is 0 Å². The monoisotopic (exact) mass is 230 g/mol. The lowest BCUT2D eigenvalue weighted by atomic mass is 10.3. The van der Waals surface area contributed by atoms with Crippen LogP contribution in [0.2, 0.25) is 0 Å². The molecule has 5 heteroatoms. The van der Waals surface area contributed by atoms with Crippen molar-refractivity contribution < 1.29 is 10.2 Å². The minimum Gasteiger partial charge on any atom is -0.392 e.